The molecule has 0 saturated carbocycles. The van der Waals surface area contributed by atoms with Crippen LogP contribution in [0.1, 0.15) is 31.3 Å². The van der Waals surface area contributed by atoms with Crippen molar-refractivity contribution in [3.63, 3.8) is 0 Å². The highest BCUT2D eigenvalue weighted by Gasteiger charge is 2.30. The van der Waals surface area contributed by atoms with E-state index < -0.39 is 5.54 Å². The van der Waals surface area contributed by atoms with Crippen molar-refractivity contribution in [1.82, 2.24) is 15.5 Å². The molecule has 1 atom stereocenters. The van der Waals surface area contributed by atoms with Crippen LogP contribution >= 0.6 is 24.8 Å². The van der Waals surface area contributed by atoms with Crippen LogP contribution in [0.3, 0.4) is 0 Å². The fourth-order valence-corrected chi connectivity index (χ4v) is 1.79. The van der Waals surface area contributed by atoms with Crippen molar-refractivity contribution in [2.24, 2.45) is 11.7 Å². The Morgan fingerprint density at radius 1 is 1.35 bits per heavy atom. The van der Waals surface area contributed by atoms with Crippen LogP contribution in [0.2, 0.25) is 0 Å². The molecular weight excluding hydrogens is 339 g/mol. The average Bonchev–Trinajstić information content (AvgIpc) is 2.97. The Labute approximate surface area is 148 Å². The van der Waals surface area contributed by atoms with Gasteiger partial charge in [0.2, 0.25) is 0 Å². The Kier molecular flexibility index (Phi) is 8.23. The molecular formula is C15H22Cl2N4O2. The van der Waals surface area contributed by atoms with Crippen molar-refractivity contribution in [1.29, 1.82) is 0 Å². The number of nitrogens with two attached hydrogens (primary N) is 1. The van der Waals surface area contributed by atoms with E-state index in [1.807, 2.05) is 20.8 Å². The number of carbonyl (C=O) groups excluding carboxylic acids is 1. The molecule has 0 aliphatic heterocycles. The van der Waals surface area contributed by atoms with E-state index in [2.05, 4.69) is 15.5 Å². The fourth-order valence-electron chi connectivity index (χ4n) is 1.79. The van der Waals surface area contributed by atoms with Crippen LogP contribution in [0.4, 0.5) is 0 Å². The predicted molar refractivity (Wildman–Crippen MR) is 94.0 cm³/mol. The first kappa shape index (κ1) is 21.4. The first-order valence-corrected chi connectivity index (χ1v) is 6.86. The van der Waals surface area contributed by atoms with Crippen LogP contribution in [-0.2, 0) is 0 Å². The Balaban J connectivity index is 0.00000242. The molecule has 0 aliphatic rings. The highest BCUT2D eigenvalue weighted by Crippen LogP contribution is 2.20. The zero-order valence-electron chi connectivity index (χ0n) is 13.3. The molecule has 0 saturated heterocycles. The maximum absolute atomic E-state index is 12.3. The molecule has 1 amide bonds. The van der Waals surface area contributed by atoms with Gasteiger partial charge in [-0.25, -0.2) is 0 Å². The van der Waals surface area contributed by atoms with E-state index in [9.17, 15) is 4.79 Å². The molecule has 3 N–H and O–H groups in total. The third kappa shape index (κ3) is 4.92. The van der Waals surface area contributed by atoms with Crippen molar-refractivity contribution < 1.29 is 9.32 Å². The number of carbonyl (C=O) groups is 1. The molecule has 1 unspecified atom stereocenters. The molecule has 0 bridgehead atoms. The van der Waals surface area contributed by atoms with Crippen LogP contribution in [0.15, 0.2) is 35.1 Å². The van der Waals surface area contributed by atoms with Gasteiger partial charge in [0.1, 0.15) is 0 Å². The van der Waals surface area contributed by atoms with Crippen molar-refractivity contribution in [2.45, 2.75) is 26.3 Å². The third-order valence-corrected chi connectivity index (χ3v) is 3.81. The SMILES string of the molecule is CC(C)C(C)(CN)NC(=O)c1cc(-c2ccncc2)on1.Cl.Cl. The molecule has 23 heavy (non-hydrogen) atoms. The van der Waals surface area contributed by atoms with Gasteiger partial charge in [-0.3, -0.25) is 9.78 Å². The topological polar surface area (TPSA) is 94.0 Å². The van der Waals surface area contributed by atoms with E-state index in [0.717, 1.165) is 5.56 Å². The number of pyridine rings is 1. The smallest absolute Gasteiger partial charge is 0.273 e. The highest BCUT2D eigenvalue weighted by molar-refractivity contribution is 5.93. The molecule has 0 fully saturated rings. The summed E-state index contributed by atoms with van der Waals surface area (Å²) >= 11 is 0. The second kappa shape index (κ2) is 8.86. The third-order valence-electron chi connectivity index (χ3n) is 3.81. The normalized spacial score (nSPS) is 12.7. The molecule has 0 radical (unpaired) electrons. The second-order valence-corrected chi connectivity index (χ2v) is 5.54. The first-order chi connectivity index (χ1) is 9.96. The minimum atomic E-state index is -0.479. The summed E-state index contributed by atoms with van der Waals surface area (Å²) in [5.74, 6) is 0.445. The number of hydrogen-bond donors (Lipinski definition) is 2. The molecule has 2 heterocycles. The summed E-state index contributed by atoms with van der Waals surface area (Å²) < 4.78 is 5.21. The summed E-state index contributed by atoms with van der Waals surface area (Å²) in [5.41, 5.74) is 6.35. The molecule has 128 valence electrons. The predicted octanol–water partition coefficient (Wildman–Crippen LogP) is 2.68. The van der Waals surface area contributed by atoms with Gasteiger partial charge in [-0.05, 0) is 25.0 Å². The summed E-state index contributed by atoms with van der Waals surface area (Å²) in [6.07, 6.45) is 3.31. The molecule has 2 rings (SSSR count). The zero-order chi connectivity index (χ0) is 15.5. The summed E-state index contributed by atoms with van der Waals surface area (Å²) in [4.78, 5) is 16.2. The van der Waals surface area contributed by atoms with Crippen LogP contribution in [0.25, 0.3) is 11.3 Å². The Morgan fingerprint density at radius 3 is 2.48 bits per heavy atom. The lowest BCUT2D eigenvalue weighted by Gasteiger charge is -2.33. The van der Waals surface area contributed by atoms with Crippen LogP contribution in [0, 0.1) is 5.92 Å². The van der Waals surface area contributed by atoms with E-state index in [4.69, 9.17) is 10.3 Å². The van der Waals surface area contributed by atoms with Gasteiger partial charge in [0.15, 0.2) is 11.5 Å². The van der Waals surface area contributed by atoms with Crippen LogP contribution in [0.5, 0.6) is 0 Å². The Hall–Kier alpha value is -1.63. The van der Waals surface area contributed by atoms with Crippen molar-refractivity contribution in [2.75, 3.05) is 6.54 Å². The maximum atomic E-state index is 12.3. The molecule has 2 aromatic rings. The lowest BCUT2D eigenvalue weighted by Crippen LogP contribution is -2.55. The minimum absolute atomic E-state index is 0. The summed E-state index contributed by atoms with van der Waals surface area (Å²) in [6, 6.07) is 5.20. The van der Waals surface area contributed by atoms with Gasteiger partial charge < -0.3 is 15.6 Å². The van der Waals surface area contributed by atoms with E-state index in [1.54, 1.807) is 30.6 Å². The molecule has 8 heteroatoms. The quantitative estimate of drug-likeness (QED) is 0.854. The Morgan fingerprint density at radius 2 is 1.96 bits per heavy atom. The number of hydrogen-bond acceptors (Lipinski definition) is 5. The molecule has 0 spiro atoms. The van der Waals surface area contributed by atoms with Gasteiger partial charge in [0, 0.05) is 30.6 Å². The maximum Gasteiger partial charge on any atom is 0.273 e. The number of aromatic nitrogens is 2. The van der Waals surface area contributed by atoms with Gasteiger partial charge in [-0.15, -0.1) is 24.8 Å². The summed E-state index contributed by atoms with van der Waals surface area (Å²) in [6.45, 7) is 6.29. The largest absolute Gasteiger partial charge is 0.355 e. The van der Waals surface area contributed by atoms with E-state index in [1.165, 1.54) is 0 Å². The van der Waals surface area contributed by atoms with E-state index in [-0.39, 0.29) is 42.3 Å². The Bertz CT molecular complexity index is 619. The molecule has 6 nitrogen and oxygen atoms in total. The number of nitrogens with zero attached hydrogens (tertiary/aromatic N) is 2. The van der Waals surface area contributed by atoms with Crippen LogP contribution in [-0.4, -0.2) is 28.1 Å². The minimum Gasteiger partial charge on any atom is -0.355 e. The van der Waals surface area contributed by atoms with Crippen molar-refractivity contribution >= 4 is 30.7 Å². The van der Waals surface area contributed by atoms with Crippen LogP contribution < -0.4 is 11.1 Å². The number of halogens is 2. The van der Waals surface area contributed by atoms with Gasteiger partial charge >= 0.3 is 0 Å². The molecule has 0 aliphatic carbocycles. The number of amides is 1. The highest BCUT2D eigenvalue weighted by atomic mass is 35.5. The first-order valence-electron chi connectivity index (χ1n) is 6.86. The molecule has 0 aromatic carbocycles. The fraction of sp³-hybridized carbons (Fsp3) is 0.400. The monoisotopic (exact) mass is 360 g/mol. The van der Waals surface area contributed by atoms with Crippen molar-refractivity contribution in [3.8, 4) is 11.3 Å². The summed E-state index contributed by atoms with van der Waals surface area (Å²) in [7, 11) is 0. The standard InChI is InChI=1S/C15H20N4O2.2ClH/c1-10(2)15(3,9-16)18-14(20)12-8-13(21-19-12)11-4-6-17-7-5-11;;/h4-8,10H,9,16H2,1-3H3,(H,18,20);2*1H. The van der Waals surface area contributed by atoms with Gasteiger partial charge in [0.25, 0.3) is 5.91 Å². The van der Waals surface area contributed by atoms with E-state index >= 15 is 0 Å². The number of rotatable bonds is 5. The van der Waals surface area contributed by atoms with Gasteiger partial charge in [-0.2, -0.15) is 0 Å². The second-order valence-electron chi connectivity index (χ2n) is 5.54. The summed E-state index contributed by atoms with van der Waals surface area (Å²) in [5, 5.41) is 6.75. The van der Waals surface area contributed by atoms with Gasteiger partial charge in [0.05, 0.1) is 5.54 Å². The van der Waals surface area contributed by atoms with Crippen molar-refractivity contribution in [3.05, 3.63) is 36.3 Å². The lowest BCUT2D eigenvalue weighted by atomic mass is 9.88. The zero-order valence-corrected chi connectivity index (χ0v) is 14.9. The van der Waals surface area contributed by atoms with Gasteiger partial charge in [-0.1, -0.05) is 19.0 Å². The number of nitrogens with one attached hydrogen (secondary N) is 1. The average molecular weight is 361 g/mol. The lowest BCUT2D eigenvalue weighted by molar-refractivity contribution is 0.0874. The molecule has 2 aromatic heterocycles. The van der Waals surface area contributed by atoms with E-state index in [0.29, 0.717) is 12.3 Å².